The molecule has 1 N–H and O–H groups in total. The molecule has 2 rings (SSSR count). The van der Waals surface area contributed by atoms with Crippen molar-refractivity contribution in [2.75, 3.05) is 19.7 Å². The van der Waals surface area contributed by atoms with E-state index in [1.165, 1.54) is 5.56 Å². The second kappa shape index (κ2) is 7.29. The molecule has 0 spiro atoms. The Morgan fingerprint density at radius 3 is 2.50 bits per heavy atom. The average molecular weight is 276 g/mol. The van der Waals surface area contributed by atoms with Crippen molar-refractivity contribution in [3.8, 4) is 5.75 Å². The zero-order valence-electron chi connectivity index (χ0n) is 12.4. The number of likely N-dealkylation sites (tertiary alicyclic amines) is 1. The van der Waals surface area contributed by atoms with Crippen molar-refractivity contribution >= 4 is 5.91 Å². The third-order valence-corrected chi connectivity index (χ3v) is 3.77. The Hall–Kier alpha value is -1.55. The lowest BCUT2D eigenvalue weighted by molar-refractivity contribution is -0.129. The van der Waals surface area contributed by atoms with E-state index in [9.17, 15) is 4.79 Å². The molecule has 4 nitrogen and oxygen atoms in total. The van der Waals surface area contributed by atoms with E-state index in [0.29, 0.717) is 12.6 Å². The molecule has 1 aromatic rings. The van der Waals surface area contributed by atoms with E-state index < -0.39 is 0 Å². The molecule has 1 aromatic carbocycles. The predicted octanol–water partition coefficient (Wildman–Crippen LogP) is 2.19. The fourth-order valence-corrected chi connectivity index (χ4v) is 2.53. The number of carbonyl (C=O) groups excluding carboxylic acids is 1. The quantitative estimate of drug-likeness (QED) is 0.896. The summed E-state index contributed by atoms with van der Waals surface area (Å²) in [4.78, 5) is 13.2. The fourth-order valence-electron chi connectivity index (χ4n) is 2.53. The number of rotatable bonds is 5. The van der Waals surface area contributed by atoms with Crippen LogP contribution in [0.3, 0.4) is 0 Å². The molecule has 0 unspecified atom stereocenters. The molecule has 0 atom stereocenters. The van der Waals surface area contributed by atoms with E-state index in [0.717, 1.165) is 38.2 Å². The van der Waals surface area contributed by atoms with Crippen molar-refractivity contribution < 1.29 is 9.53 Å². The zero-order chi connectivity index (χ0) is 14.4. The second-order valence-corrected chi connectivity index (χ2v) is 5.24. The molecular weight excluding hydrogens is 252 g/mol. The fraction of sp³-hybridized carbons (Fsp3) is 0.562. The Balaban J connectivity index is 1.74. The number of hydrogen-bond acceptors (Lipinski definition) is 3. The number of nitrogens with zero attached hydrogens (tertiary/aromatic N) is 1. The summed E-state index contributed by atoms with van der Waals surface area (Å²) in [5.41, 5.74) is 1.27. The van der Waals surface area contributed by atoms with Crippen molar-refractivity contribution in [1.29, 1.82) is 0 Å². The van der Waals surface area contributed by atoms with Crippen molar-refractivity contribution in [2.45, 2.75) is 39.3 Å². The van der Waals surface area contributed by atoms with Gasteiger partial charge in [-0.2, -0.15) is 0 Å². The maximum Gasteiger partial charge on any atom is 0.219 e. The van der Waals surface area contributed by atoms with Gasteiger partial charge in [-0.1, -0.05) is 12.1 Å². The first-order valence-electron chi connectivity index (χ1n) is 7.39. The summed E-state index contributed by atoms with van der Waals surface area (Å²) in [6.45, 7) is 6.95. The monoisotopic (exact) mass is 276 g/mol. The minimum absolute atomic E-state index is 0.190. The molecule has 1 aliphatic rings. The molecule has 110 valence electrons. The number of benzene rings is 1. The maximum absolute atomic E-state index is 11.3. The zero-order valence-corrected chi connectivity index (χ0v) is 12.4. The van der Waals surface area contributed by atoms with Gasteiger partial charge in [0.2, 0.25) is 5.91 Å². The molecule has 0 radical (unpaired) electrons. The summed E-state index contributed by atoms with van der Waals surface area (Å²) in [6.07, 6.45) is 2.08. The van der Waals surface area contributed by atoms with Gasteiger partial charge in [0.05, 0.1) is 6.61 Å². The summed E-state index contributed by atoms with van der Waals surface area (Å²) in [5, 5.41) is 3.57. The summed E-state index contributed by atoms with van der Waals surface area (Å²) in [6, 6.07) is 8.74. The van der Waals surface area contributed by atoms with E-state index in [1.54, 1.807) is 6.92 Å². The molecule has 1 fully saturated rings. The summed E-state index contributed by atoms with van der Waals surface area (Å²) in [5.74, 6) is 1.11. The summed E-state index contributed by atoms with van der Waals surface area (Å²) in [7, 11) is 0. The van der Waals surface area contributed by atoms with Gasteiger partial charge in [-0.3, -0.25) is 4.79 Å². The molecule has 1 aliphatic heterocycles. The number of carbonyl (C=O) groups is 1. The normalized spacial score (nSPS) is 16.2. The lowest BCUT2D eigenvalue weighted by atomic mass is 10.0. The van der Waals surface area contributed by atoms with Crippen LogP contribution in [0, 0.1) is 0 Å². The van der Waals surface area contributed by atoms with E-state index in [-0.39, 0.29) is 5.91 Å². The van der Waals surface area contributed by atoms with Crippen LogP contribution >= 0.6 is 0 Å². The third kappa shape index (κ3) is 4.23. The van der Waals surface area contributed by atoms with Crippen molar-refractivity contribution in [2.24, 2.45) is 0 Å². The van der Waals surface area contributed by atoms with Crippen LogP contribution in [0.15, 0.2) is 24.3 Å². The van der Waals surface area contributed by atoms with Gasteiger partial charge in [-0.25, -0.2) is 0 Å². The van der Waals surface area contributed by atoms with Crippen LogP contribution < -0.4 is 10.1 Å². The smallest absolute Gasteiger partial charge is 0.219 e. The molecule has 0 bridgehead atoms. The number of nitrogens with one attached hydrogen (secondary N) is 1. The van der Waals surface area contributed by atoms with E-state index in [4.69, 9.17) is 4.74 Å². The number of ether oxygens (including phenoxy) is 1. The Kier molecular flexibility index (Phi) is 5.41. The highest BCUT2D eigenvalue weighted by Crippen LogP contribution is 2.14. The largest absolute Gasteiger partial charge is 0.494 e. The first kappa shape index (κ1) is 14.9. The van der Waals surface area contributed by atoms with Gasteiger partial charge in [0, 0.05) is 32.6 Å². The number of piperidine rings is 1. The summed E-state index contributed by atoms with van der Waals surface area (Å²) >= 11 is 0. The van der Waals surface area contributed by atoms with Gasteiger partial charge in [0.25, 0.3) is 0 Å². The molecule has 0 aromatic heterocycles. The lowest BCUT2D eigenvalue weighted by Crippen LogP contribution is -2.43. The highest BCUT2D eigenvalue weighted by molar-refractivity contribution is 5.73. The third-order valence-electron chi connectivity index (χ3n) is 3.77. The molecular formula is C16H24N2O2. The molecule has 0 aliphatic carbocycles. The molecule has 4 heteroatoms. The van der Waals surface area contributed by atoms with Crippen LogP contribution in [-0.2, 0) is 11.3 Å². The topological polar surface area (TPSA) is 41.6 Å². The van der Waals surface area contributed by atoms with Gasteiger partial charge in [-0.05, 0) is 37.5 Å². The van der Waals surface area contributed by atoms with Crippen LogP contribution in [0.2, 0.25) is 0 Å². The first-order chi connectivity index (χ1) is 9.69. The molecule has 0 saturated carbocycles. The highest BCUT2D eigenvalue weighted by Gasteiger charge is 2.19. The molecule has 1 amide bonds. The van der Waals surface area contributed by atoms with E-state index >= 15 is 0 Å². The number of hydrogen-bond donors (Lipinski definition) is 1. The highest BCUT2D eigenvalue weighted by atomic mass is 16.5. The van der Waals surface area contributed by atoms with Crippen LogP contribution in [0.25, 0.3) is 0 Å². The van der Waals surface area contributed by atoms with Gasteiger partial charge in [-0.15, -0.1) is 0 Å². The van der Waals surface area contributed by atoms with Crippen LogP contribution in [-0.4, -0.2) is 36.5 Å². The first-order valence-corrected chi connectivity index (χ1v) is 7.39. The molecule has 1 saturated heterocycles. The molecule has 1 heterocycles. The average Bonchev–Trinajstić information content (AvgIpc) is 2.47. The Morgan fingerprint density at radius 1 is 1.30 bits per heavy atom. The second-order valence-electron chi connectivity index (χ2n) is 5.24. The Morgan fingerprint density at radius 2 is 1.95 bits per heavy atom. The number of amides is 1. The van der Waals surface area contributed by atoms with Crippen LogP contribution in [0.1, 0.15) is 32.3 Å². The van der Waals surface area contributed by atoms with Gasteiger partial charge in [0.1, 0.15) is 5.75 Å². The minimum Gasteiger partial charge on any atom is -0.494 e. The lowest BCUT2D eigenvalue weighted by Gasteiger charge is -2.31. The van der Waals surface area contributed by atoms with Crippen LogP contribution in [0.4, 0.5) is 0 Å². The van der Waals surface area contributed by atoms with Crippen molar-refractivity contribution in [1.82, 2.24) is 10.2 Å². The van der Waals surface area contributed by atoms with E-state index in [1.807, 2.05) is 24.0 Å². The van der Waals surface area contributed by atoms with Crippen molar-refractivity contribution in [3.63, 3.8) is 0 Å². The van der Waals surface area contributed by atoms with Gasteiger partial charge < -0.3 is 15.0 Å². The van der Waals surface area contributed by atoms with Crippen LogP contribution in [0.5, 0.6) is 5.75 Å². The van der Waals surface area contributed by atoms with Gasteiger partial charge in [0.15, 0.2) is 0 Å². The maximum atomic E-state index is 11.3. The van der Waals surface area contributed by atoms with Gasteiger partial charge >= 0.3 is 0 Å². The molecule has 20 heavy (non-hydrogen) atoms. The minimum atomic E-state index is 0.190. The van der Waals surface area contributed by atoms with Crippen molar-refractivity contribution in [3.05, 3.63) is 29.8 Å². The Labute approximate surface area is 121 Å². The summed E-state index contributed by atoms with van der Waals surface area (Å²) < 4.78 is 5.43. The standard InChI is InChI=1S/C16H24N2O2/c1-3-20-16-6-4-14(5-7-16)12-17-15-8-10-18(11-9-15)13(2)19/h4-7,15,17H,3,8-12H2,1-2H3. The van der Waals surface area contributed by atoms with E-state index in [2.05, 4.69) is 17.4 Å². The Bertz CT molecular complexity index is 423. The predicted molar refractivity (Wildman–Crippen MR) is 79.7 cm³/mol. The SMILES string of the molecule is CCOc1ccc(CNC2CCN(C(C)=O)CC2)cc1.